The Labute approximate surface area is 157 Å². The van der Waals surface area contributed by atoms with E-state index in [1.165, 1.54) is 21.6 Å². The first kappa shape index (κ1) is 23.4. The van der Waals surface area contributed by atoms with Crippen molar-refractivity contribution in [3.8, 4) is 0 Å². The molecule has 0 atom stereocenters. The van der Waals surface area contributed by atoms with E-state index in [2.05, 4.69) is 0 Å². The molecule has 10 heteroatoms. The molecule has 0 aromatic carbocycles. The molecule has 22 heavy (non-hydrogen) atoms. The van der Waals surface area contributed by atoms with Gasteiger partial charge >= 0.3 is 0 Å². The van der Waals surface area contributed by atoms with Crippen LogP contribution >= 0.6 is 67.3 Å². The Kier molecular flexibility index (Phi) is 19.9. The van der Waals surface area contributed by atoms with Crippen LogP contribution in [0.15, 0.2) is 0 Å². The minimum absolute atomic E-state index is 0.00913. The lowest BCUT2D eigenvalue weighted by atomic mass is 10.2. The smallest absolute Gasteiger partial charge is 0.283 e. The number of carbonyl (C=O) groups is 2. The van der Waals surface area contributed by atoms with E-state index < -0.39 is 0 Å². The quantitative estimate of drug-likeness (QED) is 0.177. The minimum Gasteiger partial charge on any atom is -0.308 e. The van der Waals surface area contributed by atoms with Crippen LogP contribution in [-0.4, -0.2) is 33.6 Å². The van der Waals surface area contributed by atoms with Gasteiger partial charge in [0.1, 0.15) is 0 Å². The van der Waals surface area contributed by atoms with Crippen LogP contribution in [0.3, 0.4) is 0 Å². The lowest BCUT2D eigenvalue weighted by Crippen LogP contribution is -1.86. The van der Waals surface area contributed by atoms with Crippen molar-refractivity contribution >= 4 is 76.2 Å². The molecule has 0 bridgehead atoms. The van der Waals surface area contributed by atoms with Crippen molar-refractivity contribution in [2.75, 3.05) is 24.7 Å². The standard InChI is InChI=1S/C12H22O4S6/c1-3-15-19-11(13)21-17-9-7-5-6-8-10-18-22-12(14)20-16-4-2/h3-10H2,1-2H3. The van der Waals surface area contributed by atoms with Crippen LogP contribution in [0.4, 0.5) is 9.59 Å². The lowest BCUT2D eigenvalue weighted by molar-refractivity contribution is 0.274. The lowest BCUT2D eigenvalue weighted by Gasteiger charge is -2.01. The van der Waals surface area contributed by atoms with Gasteiger partial charge in [-0.05, 0) is 48.3 Å². The van der Waals surface area contributed by atoms with E-state index in [0.29, 0.717) is 13.2 Å². The van der Waals surface area contributed by atoms with E-state index >= 15 is 0 Å². The molecule has 0 unspecified atom stereocenters. The average molecular weight is 423 g/mol. The topological polar surface area (TPSA) is 52.6 Å². The van der Waals surface area contributed by atoms with Crippen molar-refractivity contribution in [2.45, 2.75) is 39.5 Å². The molecule has 0 spiro atoms. The van der Waals surface area contributed by atoms with Crippen molar-refractivity contribution < 1.29 is 18.0 Å². The highest BCUT2D eigenvalue weighted by Gasteiger charge is 2.05. The summed E-state index contributed by atoms with van der Waals surface area (Å²) in [5.41, 5.74) is 0. The molecular weight excluding hydrogens is 401 g/mol. The fraction of sp³-hybridized carbons (Fsp3) is 0.833. The molecule has 0 saturated carbocycles. The maximum atomic E-state index is 11.3. The zero-order valence-electron chi connectivity index (χ0n) is 12.7. The molecule has 0 N–H and O–H groups in total. The summed E-state index contributed by atoms with van der Waals surface area (Å²) in [6.07, 6.45) is 4.54. The zero-order valence-corrected chi connectivity index (χ0v) is 17.6. The van der Waals surface area contributed by atoms with Crippen molar-refractivity contribution in [3.63, 3.8) is 0 Å². The first-order valence-electron chi connectivity index (χ1n) is 6.96. The van der Waals surface area contributed by atoms with Crippen molar-refractivity contribution in [2.24, 2.45) is 0 Å². The molecule has 4 nitrogen and oxygen atoms in total. The second-order valence-corrected chi connectivity index (χ2v) is 10.5. The van der Waals surface area contributed by atoms with Gasteiger partial charge in [0.25, 0.3) is 8.89 Å². The number of hydrogen-bond acceptors (Lipinski definition) is 10. The molecular formula is C12H22O4S6. The third-order valence-corrected chi connectivity index (χ3v) is 8.50. The molecule has 0 amide bonds. The second kappa shape index (κ2) is 18.7. The van der Waals surface area contributed by atoms with E-state index in [9.17, 15) is 9.59 Å². The van der Waals surface area contributed by atoms with Crippen LogP contribution in [0, 0.1) is 0 Å². The van der Waals surface area contributed by atoms with Crippen LogP contribution < -0.4 is 0 Å². The Balaban J connectivity index is 3.17. The summed E-state index contributed by atoms with van der Waals surface area (Å²) in [5, 5.41) is 0. The third-order valence-electron chi connectivity index (χ3n) is 1.95. The van der Waals surface area contributed by atoms with Gasteiger partial charge in [-0.25, -0.2) is 0 Å². The predicted molar refractivity (Wildman–Crippen MR) is 108 cm³/mol. The van der Waals surface area contributed by atoms with Crippen LogP contribution in [0.25, 0.3) is 0 Å². The maximum absolute atomic E-state index is 11.3. The van der Waals surface area contributed by atoms with Gasteiger partial charge in [0.2, 0.25) is 0 Å². The third kappa shape index (κ3) is 17.7. The van der Waals surface area contributed by atoms with Crippen LogP contribution in [-0.2, 0) is 8.37 Å². The molecule has 0 heterocycles. The Morgan fingerprint density at radius 2 is 1.14 bits per heavy atom. The number of unbranched alkanes of at least 4 members (excludes halogenated alkanes) is 3. The van der Waals surface area contributed by atoms with Gasteiger partial charge in [-0.15, -0.1) is 0 Å². The van der Waals surface area contributed by atoms with Crippen LogP contribution in [0.2, 0.25) is 0 Å². The van der Waals surface area contributed by atoms with E-state index in [1.54, 1.807) is 21.6 Å². The molecule has 0 aliphatic carbocycles. The monoisotopic (exact) mass is 422 g/mol. The summed E-state index contributed by atoms with van der Waals surface area (Å²) in [6, 6.07) is 0. The van der Waals surface area contributed by atoms with Crippen molar-refractivity contribution in [3.05, 3.63) is 0 Å². The first-order valence-corrected chi connectivity index (χ1v) is 13.1. The summed E-state index contributed by atoms with van der Waals surface area (Å²) in [5.74, 6) is 1.96. The Bertz CT molecular complexity index is 265. The number of rotatable bonds is 13. The summed E-state index contributed by atoms with van der Waals surface area (Å²) < 4.78 is 9.94. The van der Waals surface area contributed by atoms with Gasteiger partial charge in [0.15, 0.2) is 0 Å². The predicted octanol–water partition coefficient (Wildman–Crippen LogP) is 6.92. The van der Waals surface area contributed by atoms with Gasteiger partial charge in [-0.2, -0.15) is 0 Å². The average Bonchev–Trinajstić information content (AvgIpc) is 2.52. The van der Waals surface area contributed by atoms with Crippen molar-refractivity contribution in [1.82, 2.24) is 0 Å². The summed E-state index contributed by atoms with van der Waals surface area (Å²) in [7, 11) is 5.68. The molecule has 0 aliphatic rings. The molecule has 0 radical (unpaired) electrons. The molecule has 0 saturated heterocycles. The van der Waals surface area contributed by atoms with E-state index in [0.717, 1.165) is 61.3 Å². The Hall–Kier alpha value is 1.36. The van der Waals surface area contributed by atoms with Crippen molar-refractivity contribution in [1.29, 1.82) is 0 Å². The highest BCUT2D eigenvalue weighted by Crippen LogP contribution is 2.31. The molecule has 0 aromatic rings. The fourth-order valence-electron chi connectivity index (χ4n) is 1.10. The molecule has 130 valence electrons. The van der Waals surface area contributed by atoms with E-state index in [1.807, 2.05) is 13.8 Å². The van der Waals surface area contributed by atoms with Gasteiger partial charge in [-0.1, -0.05) is 34.4 Å². The zero-order chi connectivity index (χ0) is 16.5. The fourth-order valence-corrected chi connectivity index (χ4v) is 6.19. The number of hydrogen-bond donors (Lipinski definition) is 0. The molecule has 0 fully saturated rings. The Morgan fingerprint density at radius 1 is 0.727 bits per heavy atom. The van der Waals surface area contributed by atoms with E-state index in [-0.39, 0.29) is 8.89 Å². The summed E-state index contributed by atoms with van der Waals surface area (Å²) in [6.45, 7) is 4.83. The second-order valence-electron chi connectivity index (χ2n) is 3.70. The SMILES string of the molecule is CCOSC(=O)SSCCCCCCSSC(=O)SOCC. The molecule has 0 aromatic heterocycles. The Morgan fingerprint density at radius 3 is 1.50 bits per heavy atom. The molecule has 0 rings (SSSR count). The number of carbonyl (C=O) groups excluding carboxylic acids is 2. The normalized spacial score (nSPS) is 10.8. The minimum atomic E-state index is 0.00913. The first-order chi connectivity index (χ1) is 10.7. The maximum Gasteiger partial charge on any atom is 0.283 e. The van der Waals surface area contributed by atoms with Gasteiger partial charge < -0.3 is 8.37 Å². The highest BCUT2D eigenvalue weighted by molar-refractivity contribution is 8.86. The van der Waals surface area contributed by atoms with Gasteiger partial charge in [-0.3, -0.25) is 9.59 Å². The van der Waals surface area contributed by atoms with Gasteiger partial charge in [0, 0.05) is 11.5 Å². The summed E-state index contributed by atoms with van der Waals surface area (Å²) in [4.78, 5) is 22.5. The molecule has 0 aliphatic heterocycles. The van der Waals surface area contributed by atoms with Gasteiger partial charge in [0.05, 0.1) is 37.3 Å². The van der Waals surface area contributed by atoms with Crippen LogP contribution in [0.1, 0.15) is 39.5 Å². The largest absolute Gasteiger partial charge is 0.308 e. The van der Waals surface area contributed by atoms with E-state index in [4.69, 9.17) is 8.37 Å². The van der Waals surface area contributed by atoms with Crippen LogP contribution in [0.5, 0.6) is 0 Å². The highest BCUT2D eigenvalue weighted by atomic mass is 33.1. The summed E-state index contributed by atoms with van der Waals surface area (Å²) >= 11 is 1.84.